The second-order valence-corrected chi connectivity index (χ2v) is 17.4. The highest BCUT2D eigenvalue weighted by molar-refractivity contribution is 5.17. The summed E-state index contributed by atoms with van der Waals surface area (Å²) in [7, 11) is 0. The number of ether oxygens (including phenoxy) is 12. The van der Waals surface area contributed by atoms with Crippen LogP contribution in [0, 0.1) is 0 Å². The molecule has 30 heteroatoms. The van der Waals surface area contributed by atoms with E-state index >= 15 is 0 Å². The quantitative estimate of drug-likeness (QED) is 0.0815. The molecule has 8 aliphatic heterocycles. The smallest absolute Gasteiger partial charge is 0.233 e. The zero-order chi connectivity index (χ0) is 47.9. The molecular formula is C36H58O30. The van der Waals surface area contributed by atoms with Gasteiger partial charge in [0, 0.05) is 0 Å². The first kappa shape index (κ1) is 51.2. The van der Waals surface area contributed by atoms with Gasteiger partial charge in [-0.15, -0.1) is 0 Å². The van der Waals surface area contributed by atoms with Crippen LogP contribution in [0.4, 0.5) is 0 Å². The zero-order valence-corrected chi connectivity index (χ0v) is 34.4. The monoisotopic (exact) mass is 970 g/mol. The van der Waals surface area contributed by atoms with Crippen molar-refractivity contribution in [1.82, 2.24) is 0 Å². The molecule has 0 aromatic rings. The van der Waals surface area contributed by atoms with E-state index in [0.717, 1.165) is 0 Å². The largest absolute Gasteiger partial charge is 0.394 e. The van der Waals surface area contributed by atoms with E-state index in [4.69, 9.17) is 56.8 Å². The molecule has 0 amide bonds. The van der Waals surface area contributed by atoms with Crippen LogP contribution < -0.4 is 0 Å². The number of aliphatic hydroxyl groups excluding tert-OH is 18. The Morgan fingerprint density at radius 3 is 1.61 bits per heavy atom. The van der Waals surface area contributed by atoms with Gasteiger partial charge in [0.15, 0.2) is 37.1 Å². The van der Waals surface area contributed by atoms with Crippen LogP contribution in [0.3, 0.4) is 0 Å². The van der Waals surface area contributed by atoms with Crippen molar-refractivity contribution < 1.29 is 149 Å². The second-order valence-electron chi connectivity index (χ2n) is 17.4. The van der Waals surface area contributed by atoms with Crippen molar-refractivity contribution >= 4 is 0 Å². The summed E-state index contributed by atoms with van der Waals surface area (Å²) in [6, 6.07) is 0. The number of hydrogen-bond acceptors (Lipinski definition) is 30. The fraction of sp³-hybridized carbons (Fsp3) is 1.00. The number of hydrogen-bond donors (Lipinski definition) is 18. The van der Waals surface area contributed by atoms with Crippen molar-refractivity contribution in [3.63, 3.8) is 0 Å². The number of aliphatic hydroxyl groups is 18. The van der Waals surface area contributed by atoms with E-state index in [1.165, 1.54) is 0 Å². The first-order valence-corrected chi connectivity index (χ1v) is 21.1. The summed E-state index contributed by atoms with van der Waals surface area (Å²) in [5, 5.41) is 195. The lowest BCUT2D eigenvalue weighted by molar-refractivity contribution is -0.484. The Bertz CT molecular complexity index is 1620. The van der Waals surface area contributed by atoms with E-state index in [1.54, 1.807) is 0 Å². The molecule has 0 spiro atoms. The van der Waals surface area contributed by atoms with Crippen molar-refractivity contribution in [3.05, 3.63) is 0 Å². The first-order chi connectivity index (χ1) is 31.3. The van der Waals surface area contributed by atoms with Gasteiger partial charge in [0.25, 0.3) is 0 Å². The van der Waals surface area contributed by atoms with Gasteiger partial charge in [0.1, 0.15) is 140 Å². The van der Waals surface area contributed by atoms with Gasteiger partial charge in [-0.25, -0.2) is 0 Å². The van der Waals surface area contributed by atoms with Crippen LogP contribution in [0.25, 0.3) is 0 Å². The van der Waals surface area contributed by atoms with E-state index < -0.39 is 216 Å². The molecule has 382 valence electrons. The van der Waals surface area contributed by atoms with Crippen molar-refractivity contribution in [1.29, 1.82) is 0 Å². The number of fused-ring (bicyclic) bond motifs is 4. The van der Waals surface area contributed by atoms with E-state index in [-0.39, 0.29) is 6.61 Å². The van der Waals surface area contributed by atoms with Gasteiger partial charge in [0.2, 0.25) is 5.79 Å². The van der Waals surface area contributed by atoms with Crippen LogP contribution in [-0.2, 0) is 56.8 Å². The van der Waals surface area contributed by atoms with E-state index in [2.05, 4.69) is 0 Å². The van der Waals surface area contributed by atoms with Crippen molar-refractivity contribution in [3.8, 4) is 0 Å². The molecular weight excluding hydrogens is 912 g/mol. The fourth-order valence-electron chi connectivity index (χ4n) is 9.81. The summed E-state index contributed by atoms with van der Waals surface area (Å²) in [6.07, 6.45) is -53.1. The predicted octanol–water partition coefficient (Wildman–Crippen LogP) is -13.3. The lowest BCUT2D eigenvalue weighted by atomic mass is 9.74. The van der Waals surface area contributed by atoms with Crippen molar-refractivity contribution in [2.24, 2.45) is 0 Å². The topological polar surface area (TPSA) is 475 Å². The highest BCUT2D eigenvalue weighted by Gasteiger charge is 2.75. The Hall–Kier alpha value is -1.20. The summed E-state index contributed by atoms with van der Waals surface area (Å²) in [4.78, 5) is 0. The maximum atomic E-state index is 11.9. The SMILES string of the molecule is OC[C@H]1O[C@@H](O[C@@H]2C3COC2C(O)C(O)O3)C(O)[C@@H](O[C@@H]2OC3COC(C2O)[C@@H]3O[C@]2([C@@]3(CO)O[C@@H](O[C@H]4[C@H](O)C(O)C(O)O[C@@H]4CO)[C@H](O)[C@@H](O)[C@H]3O)O[C@H](CO)[C@H](O)[C@H](O)[C@H]2O)C1O. The lowest BCUT2D eigenvalue weighted by Crippen LogP contribution is -2.84. The van der Waals surface area contributed by atoms with E-state index in [9.17, 15) is 91.9 Å². The molecule has 8 rings (SSSR count). The summed E-state index contributed by atoms with van der Waals surface area (Å²) >= 11 is 0. The Labute approximate surface area is 371 Å². The molecule has 8 heterocycles. The minimum absolute atomic E-state index is 0.126. The van der Waals surface area contributed by atoms with Crippen LogP contribution >= 0.6 is 0 Å². The van der Waals surface area contributed by atoms with Crippen LogP contribution in [0.2, 0.25) is 0 Å². The van der Waals surface area contributed by atoms with Crippen LogP contribution in [0.15, 0.2) is 0 Å². The average Bonchev–Trinajstić information content (AvgIpc) is 3.79. The maximum absolute atomic E-state index is 11.9. The van der Waals surface area contributed by atoms with Gasteiger partial charge in [-0.3, -0.25) is 0 Å². The van der Waals surface area contributed by atoms with Crippen molar-refractivity contribution in [2.45, 2.75) is 183 Å². The molecule has 0 saturated carbocycles. The van der Waals surface area contributed by atoms with Crippen LogP contribution in [-0.4, -0.2) is 315 Å². The molecule has 8 saturated heterocycles. The predicted molar refractivity (Wildman–Crippen MR) is 194 cm³/mol. The molecule has 4 bridgehead atoms. The highest BCUT2D eigenvalue weighted by atomic mass is 16.8. The summed E-state index contributed by atoms with van der Waals surface area (Å²) in [5.74, 6) is -3.36. The molecule has 0 aromatic carbocycles. The van der Waals surface area contributed by atoms with E-state index in [1.807, 2.05) is 0 Å². The lowest BCUT2D eigenvalue weighted by Gasteiger charge is -2.61. The van der Waals surface area contributed by atoms with Gasteiger partial charge in [-0.2, -0.15) is 0 Å². The minimum Gasteiger partial charge on any atom is -0.394 e. The minimum atomic E-state index is -3.36. The van der Waals surface area contributed by atoms with Crippen LogP contribution in [0.5, 0.6) is 0 Å². The molecule has 0 radical (unpaired) electrons. The summed E-state index contributed by atoms with van der Waals surface area (Å²) in [6.45, 7) is -5.29. The summed E-state index contributed by atoms with van der Waals surface area (Å²) < 4.78 is 68.7. The summed E-state index contributed by atoms with van der Waals surface area (Å²) in [5.41, 5.74) is -3.23. The molecule has 8 fully saturated rings. The Morgan fingerprint density at radius 1 is 0.409 bits per heavy atom. The molecule has 11 unspecified atom stereocenters. The van der Waals surface area contributed by atoms with Gasteiger partial charge in [-0.05, 0) is 0 Å². The van der Waals surface area contributed by atoms with Crippen molar-refractivity contribution in [2.75, 3.05) is 39.6 Å². The normalized spacial score (nSPS) is 57.5. The van der Waals surface area contributed by atoms with Crippen LogP contribution in [0.1, 0.15) is 0 Å². The Kier molecular flexibility index (Phi) is 15.3. The molecule has 8 aliphatic rings. The maximum Gasteiger partial charge on any atom is 0.233 e. The first-order valence-electron chi connectivity index (χ1n) is 21.1. The molecule has 30 nitrogen and oxygen atoms in total. The standard InChI is InChI=1S/C36H58O30/c37-1-7-13(42)25(20(49)32(59-7)62-23-10-4-55-26(23)19(48)31(54)58-10)63-33-21(50)27-24(11(60-33)5-56-27)65-36(29(52)15(44)12(41)8(2-38)64-36)35(6-40)28(51)16(45)18(47)34(66-35)61-22-9(3-39)57-30(53)17(46)14(22)43/h7-34,37-54H,1-6H2/t7-,8-,9-,10?,11?,12+,13?,14-,15+,16-,17?,18-,19?,20?,21?,22-,23-,24-,25+,26?,27?,28-,29-,30?,31?,32+,33+,34-,35+,36-/m1/s1. The third kappa shape index (κ3) is 8.32. The molecule has 0 aliphatic carbocycles. The third-order valence-electron chi connectivity index (χ3n) is 13.5. The Morgan fingerprint density at radius 2 is 0.970 bits per heavy atom. The van der Waals surface area contributed by atoms with Gasteiger partial charge < -0.3 is 149 Å². The fourth-order valence-corrected chi connectivity index (χ4v) is 9.81. The Balaban J connectivity index is 1.07. The third-order valence-corrected chi connectivity index (χ3v) is 13.5. The molecule has 18 N–H and O–H groups in total. The molecule has 0 aromatic heterocycles. The highest BCUT2D eigenvalue weighted by Crippen LogP contribution is 2.50. The number of rotatable bonds is 13. The van der Waals surface area contributed by atoms with Gasteiger partial charge >= 0.3 is 0 Å². The second kappa shape index (κ2) is 19.8. The molecule has 30 atom stereocenters. The average molecular weight is 971 g/mol. The van der Waals surface area contributed by atoms with Gasteiger partial charge in [-0.1, -0.05) is 0 Å². The zero-order valence-electron chi connectivity index (χ0n) is 34.4. The van der Waals surface area contributed by atoms with E-state index in [0.29, 0.717) is 0 Å². The molecule has 66 heavy (non-hydrogen) atoms. The van der Waals surface area contributed by atoms with Gasteiger partial charge in [0.05, 0.1) is 39.6 Å².